The van der Waals surface area contributed by atoms with Crippen molar-refractivity contribution in [3.05, 3.63) is 40.6 Å². The van der Waals surface area contributed by atoms with Crippen LogP contribution in [-0.4, -0.2) is 25.9 Å². The second-order valence-corrected chi connectivity index (χ2v) is 6.24. The number of benzene rings is 1. The van der Waals surface area contributed by atoms with Gasteiger partial charge < -0.3 is 14.8 Å². The van der Waals surface area contributed by atoms with E-state index in [2.05, 4.69) is 11.4 Å². The fraction of sp³-hybridized carbons (Fsp3) is 0.267. The molecule has 112 valence electrons. The summed E-state index contributed by atoms with van der Waals surface area (Å²) in [7, 11) is 3.16. The van der Waals surface area contributed by atoms with Gasteiger partial charge >= 0.3 is 0 Å². The van der Waals surface area contributed by atoms with E-state index < -0.39 is 0 Å². The maximum absolute atomic E-state index is 11.9. The van der Waals surface area contributed by atoms with E-state index in [9.17, 15) is 4.79 Å². The molecular formula is C15H17NO3S2. The lowest BCUT2D eigenvalue weighted by Crippen LogP contribution is -2.14. The summed E-state index contributed by atoms with van der Waals surface area (Å²) in [6.07, 6.45) is 0. The van der Waals surface area contributed by atoms with Crippen LogP contribution in [0.5, 0.6) is 11.5 Å². The molecule has 0 unspecified atom stereocenters. The number of anilines is 1. The van der Waals surface area contributed by atoms with Crippen molar-refractivity contribution in [1.82, 2.24) is 0 Å². The normalized spacial score (nSPS) is 10.2. The molecule has 1 N–H and O–H groups in total. The molecule has 0 radical (unpaired) electrons. The van der Waals surface area contributed by atoms with E-state index in [-0.39, 0.29) is 5.91 Å². The first kappa shape index (κ1) is 15.7. The van der Waals surface area contributed by atoms with Crippen molar-refractivity contribution in [2.24, 2.45) is 0 Å². The van der Waals surface area contributed by atoms with Crippen LogP contribution in [0, 0.1) is 0 Å². The highest BCUT2D eigenvalue weighted by Crippen LogP contribution is 2.26. The number of methoxy groups -OCH3 is 2. The number of amides is 1. The molecule has 2 rings (SSSR count). The Hall–Kier alpha value is -1.66. The molecule has 4 nitrogen and oxygen atoms in total. The molecule has 0 atom stereocenters. The average molecular weight is 323 g/mol. The second-order valence-electron chi connectivity index (χ2n) is 4.22. The first-order valence-electron chi connectivity index (χ1n) is 6.34. The number of carbonyl (C=O) groups excluding carboxylic acids is 1. The minimum absolute atomic E-state index is 0.0353. The van der Waals surface area contributed by atoms with Gasteiger partial charge in [-0.25, -0.2) is 0 Å². The minimum Gasteiger partial charge on any atom is -0.497 e. The Kier molecular flexibility index (Phi) is 5.95. The number of ether oxygens (including phenoxy) is 2. The van der Waals surface area contributed by atoms with Gasteiger partial charge in [-0.3, -0.25) is 4.79 Å². The fourth-order valence-corrected chi connectivity index (χ4v) is 3.38. The van der Waals surface area contributed by atoms with E-state index in [0.29, 0.717) is 22.9 Å². The Morgan fingerprint density at radius 2 is 1.95 bits per heavy atom. The maximum Gasteiger partial charge on any atom is 0.234 e. The number of nitrogens with one attached hydrogen (secondary N) is 1. The van der Waals surface area contributed by atoms with Crippen LogP contribution in [0.25, 0.3) is 0 Å². The summed E-state index contributed by atoms with van der Waals surface area (Å²) in [6.45, 7) is 0. The highest BCUT2D eigenvalue weighted by atomic mass is 32.2. The average Bonchev–Trinajstić information content (AvgIpc) is 3.00. The summed E-state index contributed by atoms with van der Waals surface area (Å²) in [5.41, 5.74) is 0.674. The van der Waals surface area contributed by atoms with Crippen LogP contribution in [0.15, 0.2) is 35.7 Å². The standard InChI is InChI=1S/C15H17NO3S2/c1-18-12-6-11(7-13(8-12)19-2)16-15(17)10-20-9-14-4-3-5-21-14/h3-8H,9-10H2,1-2H3,(H,16,17). The number of rotatable bonds is 7. The number of thioether (sulfide) groups is 1. The van der Waals surface area contributed by atoms with Crippen molar-refractivity contribution in [2.45, 2.75) is 5.75 Å². The molecule has 1 aromatic heterocycles. The van der Waals surface area contributed by atoms with Gasteiger partial charge in [0.15, 0.2) is 0 Å². The van der Waals surface area contributed by atoms with E-state index in [0.717, 1.165) is 5.75 Å². The van der Waals surface area contributed by atoms with E-state index in [1.54, 1.807) is 55.5 Å². The van der Waals surface area contributed by atoms with Crippen LogP contribution in [0.1, 0.15) is 4.88 Å². The van der Waals surface area contributed by atoms with E-state index in [1.807, 2.05) is 11.4 Å². The topological polar surface area (TPSA) is 47.6 Å². The summed E-state index contributed by atoms with van der Waals surface area (Å²) in [4.78, 5) is 13.2. The monoisotopic (exact) mass is 323 g/mol. The Balaban J connectivity index is 1.86. The van der Waals surface area contributed by atoms with Crippen molar-refractivity contribution in [1.29, 1.82) is 0 Å². The molecule has 0 aliphatic rings. The lowest BCUT2D eigenvalue weighted by atomic mass is 10.2. The summed E-state index contributed by atoms with van der Waals surface area (Å²) >= 11 is 3.30. The van der Waals surface area contributed by atoms with Gasteiger partial charge in [0.05, 0.1) is 20.0 Å². The van der Waals surface area contributed by atoms with Crippen LogP contribution < -0.4 is 14.8 Å². The van der Waals surface area contributed by atoms with Crippen molar-refractivity contribution in [3.63, 3.8) is 0 Å². The van der Waals surface area contributed by atoms with Gasteiger partial charge in [-0.2, -0.15) is 0 Å². The van der Waals surface area contributed by atoms with Gasteiger partial charge in [0, 0.05) is 34.5 Å². The molecular weight excluding hydrogens is 306 g/mol. The highest BCUT2D eigenvalue weighted by molar-refractivity contribution is 7.99. The van der Waals surface area contributed by atoms with E-state index in [4.69, 9.17) is 9.47 Å². The molecule has 0 saturated carbocycles. The molecule has 0 spiro atoms. The van der Waals surface area contributed by atoms with E-state index >= 15 is 0 Å². The van der Waals surface area contributed by atoms with Gasteiger partial charge in [0.1, 0.15) is 11.5 Å². The molecule has 1 amide bonds. The molecule has 2 aromatic rings. The predicted octanol–water partition coefficient (Wildman–Crippen LogP) is 3.64. The molecule has 0 saturated heterocycles. The van der Waals surface area contributed by atoms with Gasteiger partial charge in [-0.05, 0) is 11.4 Å². The molecule has 1 heterocycles. The van der Waals surface area contributed by atoms with E-state index in [1.165, 1.54) is 4.88 Å². The Labute approximate surface area is 132 Å². The Morgan fingerprint density at radius 1 is 1.24 bits per heavy atom. The molecule has 0 bridgehead atoms. The van der Waals surface area contributed by atoms with Crippen LogP contribution >= 0.6 is 23.1 Å². The zero-order valence-electron chi connectivity index (χ0n) is 11.9. The molecule has 0 fully saturated rings. The number of carbonyl (C=O) groups is 1. The third-order valence-electron chi connectivity index (χ3n) is 2.69. The van der Waals surface area contributed by atoms with Gasteiger partial charge in [0.2, 0.25) is 5.91 Å². The van der Waals surface area contributed by atoms with Crippen molar-refractivity contribution < 1.29 is 14.3 Å². The fourth-order valence-electron chi connectivity index (χ4n) is 1.72. The third-order valence-corrected chi connectivity index (χ3v) is 4.73. The summed E-state index contributed by atoms with van der Waals surface area (Å²) in [5.74, 6) is 2.53. The third kappa shape index (κ3) is 4.99. The SMILES string of the molecule is COc1cc(NC(=O)CSCc2cccs2)cc(OC)c1. The van der Waals surface area contributed by atoms with Gasteiger partial charge in [-0.1, -0.05) is 6.07 Å². The first-order valence-corrected chi connectivity index (χ1v) is 8.37. The second kappa shape index (κ2) is 7.95. The molecule has 1 aromatic carbocycles. The lowest BCUT2D eigenvalue weighted by molar-refractivity contribution is -0.113. The zero-order chi connectivity index (χ0) is 15.1. The van der Waals surface area contributed by atoms with Crippen LogP contribution in [-0.2, 0) is 10.5 Å². The molecule has 0 aliphatic carbocycles. The minimum atomic E-state index is -0.0353. The lowest BCUT2D eigenvalue weighted by Gasteiger charge is -2.09. The van der Waals surface area contributed by atoms with Crippen LogP contribution in [0.2, 0.25) is 0 Å². The largest absolute Gasteiger partial charge is 0.497 e. The predicted molar refractivity (Wildman–Crippen MR) is 88.7 cm³/mol. The Morgan fingerprint density at radius 3 is 2.52 bits per heavy atom. The zero-order valence-corrected chi connectivity index (χ0v) is 13.6. The highest BCUT2D eigenvalue weighted by Gasteiger charge is 2.06. The molecule has 21 heavy (non-hydrogen) atoms. The number of thiophene rings is 1. The number of hydrogen-bond acceptors (Lipinski definition) is 5. The quantitative estimate of drug-likeness (QED) is 0.845. The molecule has 0 aliphatic heterocycles. The van der Waals surface area contributed by atoms with Crippen LogP contribution in [0.4, 0.5) is 5.69 Å². The van der Waals surface area contributed by atoms with Crippen molar-refractivity contribution in [2.75, 3.05) is 25.3 Å². The van der Waals surface area contributed by atoms with Crippen LogP contribution in [0.3, 0.4) is 0 Å². The summed E-state index contributed by atoms with van der Waals surface area (Å²) in [6, 6.07) is 9.39. The summed E-state index contributed by atoms with van der Waals surface area (Å²) in [5, 5.41) is 4.90. The first-order chi connectivity index (χ1) is 10.2. The van der Waals surface area contributed by atoms with Crippen molar-refractivity contribution in [3.8, 4) is 11.5 Å². The maximum atomic E-state index is 11.9. The summed E-state index contributed by atoms with van der Waals surface area (Å²) < 4.78 is 10.3. The van der Waals surface area contributed by atoms with Gasteiger partial charge in [0.25, 0.3) is 0 Å². The smallest absolute Gasteiger partial charge is 0.234 e. The molecule has 6 heteroatoms. The Bertz CT molecular complexity index is 562. The van der Waals surface area contributed by atoms with Gasteiger partial charge in [-0.15, -0.1) is 23.1 Å². The number of hydrogen-bond donors (Lipinski definition) is 1. The van der Waals surface area contributed by atoms with Crippen molar-refractivity contribution >= 4 is 34.7 Å².